The summed E-state index contributed by atoms with van der Waals surface area (Å²) in [6.07, 6.45) is 2.74. The Morgan fingerprint density at radius 3 is 2.53 bits per heavy atom. The number of aromatic nitrogens is 1. The van der Waals surface area contributed by atoms with Crippen LogP contribution in [0.1, 0.15) is 50.7 Å². The van der Waals surface area contributed by atoms with Crippen molar-refractivity contribution < 1.29 is 19.1 Å². The fourth-order valence-electron chi connectivity index (χ4n) is 5.00. The lowest BCUT2D eigenvalue weighted by Crippen LogP contribution is -2.41. The topological polar surface area (TPSA) is 89.9 Å². The number of aliphatic imine (C=N–C) groups is 1. The van der Waals surface area contributed by atoms with Crippen LogP contribution in [0.15, 0.2) is 52.8 Å². The molecule has 2 heterocycles. The first-order chi connectivity index (χ1) is 16.1. The molecule has 1 aromatic heterocycles. The number of benzene rings is 1. The van der Waals surface area contributed by atoms with E-state index in [1.165, 1.54) is 0 Å². The van der Waals surface area contributed by atoms with Gasteiger partial charge in [-0.25, -0.2) is 4.98 Å². The van der Waals surface area contributed by atoms with Gasteiger partial charge in [-0.2, -0.15) is 0 Å². The molecule has 2 aliphatic rings. The number of ketones is 1. The number of ether oxygens (including phenoxy) is 2. The van der Waals surface area contributed by atoms with E-state index in [4.69, 9.17) is 14.5 Å². The average Bonchev–Trinajstić information content (AvgIpc) is 2.76. The molecule has 0 spiro atoms. The number of anilines is 1. The van der Waals surface area contributed by atoms with Crippen molar-refractivity contribution in [2.24, 2.45) is 16.3 Å². The van der Waals surface area contributed by atoms with E-state index in [-0.39, 0.29) is 17.1 Å². The molecule has 4 rings (SSSR count). The van der Waals surface area contributed by atoms with Crippen molar-refractivity contribution in [3.05, 3.63) is 58.9 Å². The summed E-state index contributed by atoms with van der Waals surface area (Å²) in [5, 5.41) is 2.94. The number of carbonyl (C=O) groups is 2. The molecule has 0 saturated carbocycles. The summed E-state index contributed by atoms with van der Waals surface area (Å²) in [4.78, 5) is 36.2. The highest BCUT2D eigenvalue weighted by atomic mass is 16.5. The molecule has 0 radical (unpaired) electrons. The molecule has 0 fully saturated rings. The number of rotatable bonds is 5. The summed E-state index contributed by atoms with van der Waals surface area (Å²) in [5.41, 5.74) is 3.59. The van der Waals surface area contributed by atoms with Crippen LogP contribution in [0.25, 0.3) is 0 Å². The van der Waals surface area contributed by atoms with Gasteiger partial charge in [0.15, 0.2) is 5.78 Å². The Balaban J connectivity index is 1.85. The van der Waals surface area contributed by atoms with Crippen molar-refractivity contribution in [3.63, 3.8) is 0 Å². The number of nitrogens with zero attached hydrogens (tertiary/aromatic N) is 2. The SMILES string of the molecule is COc1ccc([C@@H]2C3=C(CC(C)(C)CC3=O)N=C(C)C2C(=O)Nc2cc(C)ccn2)c(OC)c1. The number of hydrogen-bond donors (Lipinski definition) is 1. The van der Waals surface area contributed by atoms with Gasteiger partial charge in [-0.15, -0.1) is 0 Å². The second-order valence-electron chi connectivity index (χ2n) is 9.83. The first-order valence-electron chi connectivity index (χ1n) is 11.4. The van der Waals surface area contributed by atoms with Gasteiger partial charge in [0.05, 0.1) is 20.1 Å². The Kier molecular flexibility index (Phi) is 6.30. The number of nitrogens with one attached hydrogen (secondary N) is 1. The van der Waals surface area contributed by atoms with E-state index in [1.807, 2.05) is 38.1 Å². The smallest absolute Gasteiger partial charge is 0.235 e. The van der Waals surface area contributed by atoms with E-state index in [0.29, 0.717) is 41.4 Å². The molecule has 0 saturated heterocycles. The van der Waals surface area contributed by atoms with Crippen LogP contribution in [-0.4, -0.2) is 36.6 Å². The molecular weight excluding hydrogens is 430 g/mol. The quantitative estimate of drug-likeness (QED) is 0.687. The van der Waals surface area contributed by atoms with Crippen LogP contribution in [0.2, 0.25) is 0 Å². The Morgan fingerprint density at radius 1 is 1.09 bits per heavy atom. The highest BCUT2D eigenvalue weighted by Crippen LogP contribution is 2.49. The molecule has 1 aliphatic heterocycles. The lowest BCUT2D eigenvalue weighted by atomic mass is 9.66. The zero-order valence-electron chi connectivity index (χ0n) is 20.6. The number of pyridine rings is 1. The fourth-order valence-corrected chi connectivity index (χ4v) is 5.00. The minimum absolute atomic E-state index is 0.0249. The minimum Gasteiger partial charge on any atom is -0.497 e. The molecule has 1 aromatic carbocycles. The van der Waals surface area contributed by atoms with Gasteiger partial charge in [-0.1, -0.05) is 19.9 Å². The van der Waals surface area contributed by atoms with Crippen molar-refractivity contribution >= 4 is 23.2 Å². The highest BCUT2D eigenvalue weighted by molar-refractivity contribution is 6.13. The number of hydrogen-bond acceptors (Lipinski definition) is 6. The Hall–Kier alpha value is -3.48. The van der Waals surface area contributed by atoms with Gasteiger partial charge >= 0.3 is 0 Å². The summed E-state index contributed by atoms with van der Waals surface area (Å²) < 4.78 is 11.1. The number of carbonyl (C=O) groups excluding carboxylic acids is 2. The van der Waals surface area contributed by atoms with Gasteiger partial charge in [0.1, 0.15) is 17.3 Å². The van der Waals surface area contributed by atoms with Crippen molar-refractivity contribution in [1.82, 2.24) is 4.98 Å². The molecule has 2 aromatic rings. The highest BCUT2D eigenvalue weighted by Gasteiger charge is 2.46. The average molecular weight is 462 g/mol. The third kappa shape index (κ3) is 4.47. The standard InChI is InChI=1S/C27H31N3O4/c1-15-9-10-28-22(11-15)30-26(32)23-16(2)29-19-13-27(3,4)14-20(31)25(19)24(23)18-8-7-17(33-5)12-21(18)34-6/h7-12,23-24H,13-14H2,1-6H3,(H,28,30,32)/t23?,24-/m0/s1. The second-order valence-corrected chi connectivity index (χ2v) is 9.83. The second kappa shape index (κ2) is 9.05. The van der Waals surface area contributed by atoms with E-state index in [1.54, 1.807) is 26.5 Å². The first-order valence-corrected chi connectivity index (χ1v) is 11.4. The van der Waals surface area contributed by atoms with E-state index < -0.39 is 11.8 Å². The summed E-state index contributed by atoms with van der Waals surface area (Å²) >= 11 is 0. The molecule has 34 heavy (non-hydrogen) atoms. The summed E-state index contributed by atoms with van der Waals surface area (Å²) in [6.45, 7) is 7.94. The van der Waals surface area contributed by atoms with Gasteiger partial charge < -0.3 is 14.8 Å². The van der Waals surface area contributed by atoms with Crippen LogP contribution in [0.5, 0.6) is 11.5 Å². The Labute approximate surface area is 200 Å². The maximum Gasteiger partial charge on any atom is 0.235 e. The first kappa shape index (κ1) is 23.7. The lowest BCUT2D eigenvalue weighted by Gasteiger charge is -2.39. The molecule has 7 heteroatoms. The molecule has 1 aliphatic carbocycles. The zero-order chi connectivity index (χ0) is 24.6. The Morgan fingerprint density at radius 2 is 1.85 bits per heavy atom. The van der Waals surface area contributed by atoms with Crippen LogP contribution in [-0.2, 0) is 9.59 Å². The summed E-state index contributed by atoms with van der Waals surface area (Å²) in [6, 6.07) is 9.17. The normalized spacial score (nSPS) is 21.5. The van der Waals surface area contributed by atoms with Crippen LogP contribution < -0.4 is 14.8 Å². The van der Waals surface area contributed by atoms with Crippen molar-refractivity contribution in [2.45, 2.75) is 46.5 Å². The molecule has 178 valence electrons. The predicted octanol–water partition coefficient (Wildman–Crippen LogP) is 4.86. The molecule has 1 N–H and O–H groups in total. The molecule has 1 amide bonds. The largest absolute Gasteiger partial charge is 0.497 e. The molecule has 2 atom stereocenters. The van der Waals surface area contributed by atoms with Crippen LogP contribution in [0.4, 0.5) is 5.82 Å². The van der Waals surface area contributed by atoms with E-state index in [2.05, 4.69) is 24.1 Å². The van der Waals surface area contributed by atoms with Gasteiger partial charge in [0.2, 0.25) is 5.91 Å². The minimum atomic E-state index is -0.687. The van der Waals surface area contributed by atoms with Crippen LogP contribution in [0.3, 0.4) is 0 Å². The summed E-state index contributed by atoms with van der Waals surface area (Å²) in [5.74, 6) is 0.222. The fraction of sp³-hybridized carbons (Fsp3) is 0.407. The maximum atomic E-state index is 13.7. The van der Waals surface area contributed by atoms with Crippen molar-refractivity contribution in [2.75, 3.05) is 19.5 Å². The molecule has 0 bridgehead atoms. The molecule has 7 nitrogen and oxygen atoms in total. The lowest BCUT2D eigenvalue weighted by molar-refractivity contribution is -0.119. The third-order valence-electron chi connectivity index (χ3n) is 6.53. The molecule has 1 unspecified atom stereocenters. The zero-order valence-corrected chi connectivity index (χ0v) is 20.6. The van der Waals surface area contributed by atoms with Gasteiger partial charge in [-0.3, -0.25) is 14.6 Å². The van der Waals surface area contributed by atoms with Crippen molar-refractivity contribution in [3.8, 4) is 11.5 Å². The number of aryl methyl sites for hydroxylation is 1. The predicted molar refractivity (Wildman–Crippen MR) is 132 cm³/mol. The number of methoxy groups -OCH3 is 2. The number of Topliss-reactive ketones (excluding diaryl/α,β-unsaturated/α-hetero) is 1. The number of amides is 1. The third-order valence-corrected chi connectivity index (χ3v) is 6.53. The van der Waals surface area contributed by atoms with Crippen LogP contribution in [0, 0.1) is 18.3 Å². The van der Waals surface area contributed by atoms with Gasteiger partial charge in [0.25, 0.3) is 0 Å². The van der Waals surface area contributed by atoms with Crippen LogP contribution >= 0.6 is 0 Å². The van der Waals surface area contributed by atoms with E-state index in [0.717, 1.165) is 16.8 Å². The van der Waals surface area contributed by atoms with E-state index in [9.17, 15) is 9.59 Å². The Bertz CT molecular complexity index is 1210. The van der Waals surface area contributed by atoms with E-state index >= 15 is 0 Å². The monoisotopic (exact) mass is 461 g/mol. The van der Waals surface area contributed by atoms with Crippen molar-refractivity contribution in [1.29, 1.82) is 0 Å². The summed E-state index contributed by atoms with van der Waals surface area (Å²) in [7, 11) is 3.17. The molecular formula is C27H31N3O4. The van der Waals surface area contributed by atoms with Gasteiger partial charge in [-0.05, 0) is 49.4 Å². The maximum absolute atomic E-state index is 13.7. The van der Waals surface area contributed by atoms with Gasteiger partial charge in [0, 0.05) is 47.1 Å². The number of allylic oxidation sites excluding steroid dienone is 2.